The van der Waals surface area contributed by atoms with Gasteiger partial charge in [-0.3, -0.25) is 4.90 Å². The fourth-order valence-electron chi connectivity index (χ4n) is 3.16. The third-order valence-electron chi connectivity index (χ3n) is 4.09. The molecule has 1 unspecified atom stereocenters. The largest absolute Gasteiger partial charge is 0.294 e. The number of nitrogens with one attached hydrogen (secondary N) is 1. The summed E-state index contributed by atoms with van der Waals surface area (Å²) in [5.41, 5.74) is 1.94. The van der Waals surface area contributed by atoms with E-state index < -0.39 is 10.0 Å². The molecular formula is C16H22N4O2S. The van der Waals surface area contributed by atoms with Gasteiger partial charge in [-0.1, -0.05) is 18.2 Å². The van der Waals surface area contributed by atoms with Crippen molar-refractivity contribution in [2.75, 3.05) is 19.3 Å². The van der Waals surface area contributed by atoms with Gasteiger partial charge in [-0.05, 0) is 32.4 Å². The SMILES string of the molecule is Cc1nc(CN2CCCC(NS(C)(=O)=O)C2)nc2ccccc12. The van der Waals surface area contributed by atoms with Gasteiger partial charge in [0.15, 0.2) is 0 Å². The Balaban J connectivity index is 1.74. The molecule has 0 saturated carbocycles. The molecule has 1 aromatic carbocycles. The number of aryl methyl sites for hydroxylation is 1. The number of para-hydroxylation sites is 1. The molecule has 0 radical (unpaired) electrons. The van der Waals surface area contributed by atoms with E-state index in [2.05, 4.69) is 19.6 Å². The average Bonchev–Trinajstić information content (AvgIpc) is 2.46. The van der Waals surface area contributed by atoms with Crippen molar-refractivity contribution in [1.82, 2.24) is 19.6 Å². The van der Waals surface area contributed by atoms with Crippen molar-refractivity contribution in [2.45, 2.75) is 32.4 Å². The Morgan fingerprint density at radius 3 is 2.87 bits per heavy atom. The number of likely N-dealkylation sites (tertiary alicyclic amines) is 1. The summed E-state index contributed by atoms with van der Waals surface area (Å²) >= 11 is 0. The third-order valence-corrected chi connectivity index (χ3v) is 4.85. The van der Waals surface area contributed by atoms with Gasteiger partial charge in [-0.25, -0.2) is 23.1 Å². The number of nitrogens with zero attached hydrogens (tertiary/aromatic N) is 3. The maximum absolute atomic E-state index is 11.4. The molecule has 1 atom stereocenters. The number of hydrogen-bond donors (Lipinski definition) is 1. The number of piperidine rings is 1. The first-order valence-electron chi connectivity index (χ1n) is 7.82. The van der Waals surface area contributed by atoms with Crippen molar-refractivity contribution in [3.8, 4) is 0 Å². The van der Waals surface area contributed by atoms with E-state index in [-0.39, 0.29) is 6.04 Å². The quantitative estimate of drug-likeness (QED) is 0.916. The Bertz CT molecular complexity index is 807. The lowest BCUT2D eigenvalue weighted by molar-refractivity contribution is 0.190. The monoisotopic (exact) mass is 334 g/mol. The average molecular weight is 334 g/mol. The van der Waals surface area contributed by atoms with E-state index in [1.807, 2.05) is 31.2 Å². The summed E-state index contributed by atoms with van der Waals surface area (Å²) in [4.78, 5) is 11.5. The molecule has 1 aliphatic heterocycles. The fourth-order valence-corrected chi connectivity index (χ4v) is 3.96. The molecule has 0 aliphatic carbocycles. The zero-order chi connectivity index (χ0) is 16.4. The molecule has 1 saturated heterocycles. The molecule has 0 amide bonds. The molecule has 6 nitrogen and oxygen atoms in total. The van der Waals surface area contributed by atoms with Crippen molar-refractivity contribution >= 4 is 20.9 Å². The number of aromatic nitrogens is 2. The van der Waals surface area contributed by atoms with Gasteiger partial charge < -0.3 is 0 Å². The molecule has 23 heavy (non-hydrogen) atoms. The van der Waals surface area contributed by atoms with Crippen LogP contribution in [0, 0.1) is 6.92 Å². The number of hydrogen-bond acceptors (Lipinski definition) is 5. The summed E-state index contributed by atoms with van der Waals surface area (Å²) < 4.78 is 25.5. The summed E-state index contributed by atoms with van der Waals surface area (Å²) in [5.74, 6) is 0.793. The van der Waals surface area contributed by atoms with Crippen LogP contribution in [0.25, 0.3) is 10.9 Å². The van der Waals surface area contributed by atoms with Crippen LogP contribution in [-0.2, 0) is 16.6 Å². The van der Waals surface area contributed by atoms with Gasteiger partial charge in [-0.2, -0.15) is 0 Å². The van der Waals surface area contributed by atoms with E-state index >= 15 is 0 Å². The van der Waals surface area contributed by atoms with Gasteiger partial charge in [0.25, 0.3) is 0 Å². The number of rotatable bonds is 4. The van der Waals surface area contributed by atoms with E-state index in [4.69, 9.17) is 0 Å². The van der Waals surface area contributed by atoms with Gasteiger partial charge in [0.1, 0.15) is 5.82 Å². The van der Waals surface area contributed by atoms with Crippen LogP contribution in [0.1, 0.15) is 24.4 Å². The van der Waals surface area contributed by atoms with Gasteiger partial charge in [-0.15, -0.1) is 0 Å². The highest BCUT2D eigenvalue weighted by Gasteiger charge is 2.23. The highest BCUT2D eigenvalue weighted by molar-refractivity contribution is 7.88. The molecule has 7 heteroatoms. The second-order valence-corrected chi connectivity index (χ2v) is 7.99. The second-order valence-electron chi connectivity index (χ2n) is 6.21. The summed E-state index contributed by atoms with van der Waals surface area (Å²) in [7, 11) is -3.16. The molecule has 0 bridgehead atoms. The molecule has 1 aliphatic rings. The van der Waals surface area contributed by atoms with Gasteiger partial charge in [0.2, 0.25) is 10.0 Å². The number of sulfonamides is 1. The maximum Gasteiger partial charge on any atom is 0.208 e. The van der Waals surface area contributed by atoms with E-state index in [9.17, 15) is 8.42 Å². The standard InChI is InChI=1S/C16H22N4O2S/c1-12-14-7-3-4-8-15(14)18-16(17-12)11-20-9-5-6-13(10-20)19-23(2,21)22/h3-4,7-8,13,19H,5-6,9-11H2,1-2H3. The predicted molar refractivity (Wildman–Crippen MR) is 90.6 cm³/mol. The highest BCUT2D eigenvalue weighted by Crippen LogP contribution is 2.17. The maximum atomic E-state index is 11.4. The van der Waals surface area contributed by atoms with E-state index in [0.29, 0.717) is 13.1 Å². The molecule has 2 aromatic rings. The Labute approximate surface area is 137 Å². The van der Waals surface area contributed by atoms with Crippen LogP contribution in [0.5, 0.6) is 0 Å². The van der Waals surface area contributed by atoms with Crippen LogP contribution in [0.2, 0.25) is 0 Å². The molecule has 1 fully saturated rings. The van der Waals surface area contributed by atoms with Gasteiger partial charge in [0, 0.05) is 23.7 Å². The van der Waals surface area contributed by atoms with E-state index in [1.54, 1.807) is 0 Å². The molecule has 2 heterocycles. The van der Waals surface area contributed by atoms with E-state index in [1.165, 1.54) is 6.26 Å². The molecule has 0 spiro atoms. The molecule has 3 rings (SSSR count). The van der Waals surface area contributed by atoms with Crippen LogP contribution in [0.15, 0.2) is 24.3 Å². The zero-order valence-corrected chi connectivity index (χ0v) is 14.3. The summed E-state index contributed by atoms with van der Waals surface area (Å²) in [6.07, 6.45) is 3.06. The van der Waals surface area contributed by atoms with Crippen LogP contribution < -0.4 is 4.72 Å². The Hall–Kier alpha value is -1.57. The Morgan fingerprint density at radius 1 is 1.30 bits per heavy atom. The lowest BCUT2D eigenvalue weighted by Gasteiger charge is -2.32. The van der Waals surface area contributed by atoms with Crippen LogP contribution in [0.4, 0.5) is 0 Å². The Kier molecular flexibility index (Phi) is 4.61. The zero-order valence-electron chi connectivity index (χ0n) is 13.5. The lowest BCUT2D eigenvalue weighted by Crippen LogP contribution is -2.47. The number of benzene rings is 1. The van der Waals surface area contributed by atoms with Crippen LogP contribution >= 0.6 is 0 Å². The summed E-state index contributed by atoms with van der Waals surface area (Å²) in [6.45, 7) is 4.28. The predicted octanol–water partition coefficient (Wildman–Crippen LogP) is 1.45. The number of fused-ring (bicyclic) bond motifs is 1. The van der Waals surface area contributed by atoms with Crippen molar-refractivity contribution in [1.29, 1.82) is 0 Å². The molecule has 1 N–H and O–H groups in total. The van der Waals surface area contributed by atoms with Crippen molar-refractivity contribution in [3.05, 3.63) is 35.8 Å². The van der Waals surface area contributed by atoms with E-state index in [0.717, 1.165) is 41.8 Å². The fraction of sp³-hybridized carbons (Fsp3) is 0.500. The van der Waals surface area contributed by atoms with Crippen molar-refractivity contribution in [2.24, 2.45) is 0 Å². The third kappa shape index (κ3) is 4.25. The first kappa shape index (κ1) is 16.3. The topological polar surface area (TPSA) is 75.2 Å². The van der Waals surface area contributed by atoms with Crippen LogP contribution in [0.3, 0.4) is 0 Å². The first-order chi connectivity index (χ1) is 10.9. The second kappa shape index (κ2) is 6.51. The molecular weight excluding hydrogens is 312 g/mol. The highest BCUT2D eigenvalue weighted by atomic mass is 32.2. The normalized spacial score (nSPS) is 20.0. The van der Waals surface area contributed by atoms with Gasteiger partial charge >= 0.3 is 0 Å². The first-order valence-corrected chi connectivity index (χ1v) is 9.72. The van der Waals surface area contributed by atoms with Crippen LogP contribution in [-0.4, -0.2) is 48.7 Å². The minimum Gasteiger partial charge on any atom is -0.294 e. The summed E-state index contributed by atoms with van der Waals surface area (Å²) in [6, 6.07) is 7.97. The Morgan fingerprint density at radius 2 is 2.09 bits per heavy atom. The van der Waals surface area contributed by atoms with Gasteiger partial charge in [0.05, 0.1) is 18.3 Å². The minimum absolute atomic E-state index is 0.0275. The van der Waals surface area contributed by atoms with Crippen molar-refractivity contribution in [3.63, 3.8) is 0 Å². The van der Waals surface area contributed by atoms with Crippen molar-refractivity contribution < 1.29 is 8.42 Å². The molecule has 124 valence electrons. The smallest absolute Gasteiger partial charge is 0.208 e. The minimum atomic E-state index is -3.16. The summed E-state index contributed by atoms with van der Waals surface area (Å²) in [5, 5.41) is 1.08. The molecule has 1 aromatic heterocycles. The lowest BCUT2D eigenvalue weighted by atomic mass is 10.1.